The molecule has 2 N–H and O–H groups in total. The van der Waals surface area contributed by atoms with Gasteiger partial charge in [-0.2, -0.15) is 166 Å². The van der Waals surface area contributed by atoms with Gasteiger partial charge in [-0.05, 0) is 6.42 Å². The Bertz CT molecular complexity index is 1740. The number of hydrogen-bond donors (Lipinski definition) is 2. The quantitative estimate of drug-likeness (QED) is 0.0929. The molecule has 0 spiro atoms. The molecule has 0 aliphatic rings. The second-order valence-corrected chi connectivity index (χ2v) is 15.6. The summed E-state index contributed by atoms with van der Waals surface area (Å²) in [6.07, 6.45) is -29.8. The Balaban J connectivity index is 7.55. The first kappa shape index (κ1) is 60.4. The van der Waals surface area contributed by atoms with Crippen molar-refractivity contribution in [2.75, 3.05) is 0 Å². The Kier molecular flexibility index (Phi) is 14.9. The van der Waals surface area contributed by atoms with Gasteiger partial charge in [0.05, 0.1) is 10.5 Å². The van der Waals surface area contributed by atoms with Crippen molar-refractivity contribution < 1.29 is 175 Å². The highest BCUT2D eigenvalue weighted by atomic mass is 32.2. The molecule has 0 amide bonds. The lowest BCUT2D eigenvalue weighted by atomic mass is 9.87. The lowest BCUT2D eigenvalue weighted by Crippen LogP contribution is -2.74. The normalized spacial score (nSPS) is 17.8. The van der Waals surface area contributed by atoms with E-state index in [4.69, 9.17) is 9.11 Å². The third-order valence-electron chi connectivity index (χ3n) is 7.91. The van der Waals surface area contributed by atoms with Gasteiger partial charge in [0, 0.05) is 12.8 Å². The third kappa shape index (κ3) is 8.78. The fraction of sp³-hybridized carbons (Fsp3) is 1.00. The number of rotatable bonds is 20. The van der Waals surface area contributed by atoms with Gasteiger partial charge in [-0.3, -0.25) is 9.11 Å². The minimum absolute atomic E-state index is 3.89. The summed E-state index contributed by atoms with van der Waals surface area (Å²) < 4.78 is 523. The van der Waals surface area contributed by atoms with Crippen molar-refractivity contribution in [2.24, 2.45) is 0 Å². The lowest BCUT2D eigenvalue weighted by molar-refractivity contribution is -0.462. The molecule has 63 heavy (non-hydrogen) atoms. The van der Waals surface area contributed by atoms with Gasteiger partial charge in [0.25, 0.3) is 20.2 Å². The summed E-state index contributed by atoms with van der Waals surface area (Å²) in [5.74, 6) is -126. The zero-order valence-electron chi connectivity index (χ0n) is 27.5. The van der Waals surface area contributed by atoms with Crippen LogP contribution in [0, 0.1) is 0 Å². The standard InChI is InChI=1S/C21H10F34O6S2/c22-6(23,8(26,27)10(30,31)12(34,35)14(38,39)16(42,43)18(46,47)20(50,51)52)2-4(62(56,57)58)1-5(63(59,60)61)3-7(24,25)9(28,29)11(32,33)13(36,37)15(40,41)17(44,45)19(48,49)21(53,54)55/h4-5H,1-3H2,(H,56,57,58)(H,59,60,61). The van der Waals surface area contributed by atoms with Crippen LogP contribution in [0.5, 0.6) is 0 Å². The van der Waals surface area contributed by atoms with Crippen LogP contribution in [0.15, 0.2) is 0 Å². The van der Waals surface area contributed by atoms with Crippen LogP contribution in [0.4, 0.5) is 149 Å². The highest BCUT2D eigenvalue weighted by Gasteiger charge is 2.97. The molecule has 6 nitrogen and oxygen atoms in total. The van der Waals surface area contributed by atoms with Crippen molar-refractivity contribution in [3.63, 3.8) is 0 Å². The fourth-order valence-corrected chi connectivity index (χ4v) is 6.05. The highest BCUT2D eigenvalue weighted by Crippen LogP contribution is 2.66. The zero-order chi connectivity index (χ0) is 52.3. The van der Waals surface area contributed by atoms with Crippen LogP contribution in [0.25, 0.3) is 0 Å². The number of alkyl halides is 34. The predicted octanol–water partition coefficient (Wildman–Crippen LogP) is 10.7. The summed E-state index contributed by atoms with van der Waals surface area (Å²) in [6.45, 7) is 0. The van der Waals surface area contributed by atoms with Crippen LogP contribution < -0.4 is 0 Å². The summed E-state index contributed by atoms with van der Waals surface area (Å²) in [4.78, 5) is 0. The molecule has 2 atom stereocenters. The maximum Gasteiger partial charge on any atom is 0.460 e. The first-order valence-electron chi connectivity index (χ1n) is 13.8. The van der Waals surface area contributed by atoms with E-state index >= 15 is 0 Å². The molecule has 0 bridgehead atoms. The monoisotopic (exact) mass is 1070 g/mol. The van der Waals surface area contributed by atoms with E-state index in [1.807, 2.05) is 0 Å². The summed E-state index contributed by atoms with van der Waals surface area (Å²) in [6, 6.07) is 0. The summed E-state index contributed by atoms with van der Waals surface area (Å²) in [7, 11) is -15.1. The maximum atomic E-state index is 14.4. The molecule has 2 unspecified atom stereocenters. The SMILES string of the molecule is O=S(=O)(O)C(CC(CC(F)(F)C(F)(F)C(F)(F)C(F)(F)C(F)(F)C(F)(F)C(F)(F)C(F)(F)F)S(=O)(=O)O)CC(F)(F)C(F)(F)C(F)(F)C(F)(F)C(F)(F)C(F)(F)C(F)(F)C(F)(F)F. The molecular formula is C21H10F34O6S2. The van der Waals surface area contributed by atoms with Gasteiger partial charge in [0.1, 0.15) is 0 Å². The predicted molar refractivity (Wildman–Crippen MR) is 126 cm³/mol. The van der Waals surface area contributed by atoms with Crippen molar-refractivity contribution in [2.45, 2.75) is 125 Å². The Morgan fingerprint density at radius 2 is 0.413 bits per heavy atom. The van der Waals surface area contributed by atoms with E-state index in [0.717, 1.165) is 0 Å². The molecule has 380 valence electrons. The first-order valence-corrected chi connectivity index (χ1v) is 16.8. The second kappa shape index (κ2) is 15.5. The highest BCUT2D eigenvalue weighted by molar-refractivity contribution is 7.87. The summed E-state index contributed by atoms with van der Waals surface area (Å²) >= 11 is 0. The van der Waals surface area contributed by atoms with Crippen molar-refractivity contribution in [1.82, 2.24) is 0 Å². The Morgan fingerprint density at radius 1 is 0.270 bits per heavy atom. The largest absolute Gasteiger partial charge is 0.460 e. The summed E-state index contributed by atoms with van der Waals surface area (Å²) in [5.41, 5.74) is 0. The molecule has 0 aromatic heterocycles. The van der Waals surface area contributed by atoms with Crippen molar-refractivity contribution in [3.8, 4) is 0 Å². The average molecular weight is 1070 g/mol. The average Bonchev–Trinajstić information content (AvgIpc) is 3.00. The first-order chi connectivity index (χ1) is 26.4. The van der Waals surface area contributed by atoms with Crippen LogP contribution in [-0.2, 0) is 20.2 Å². The molecule has 0 rings (SSSR count). The van der Waals surface area contributed by atoms with Crippen LogP contribution in [-0.4, -0.2) is 132 Å². The van der Waals surface area contributed by atoms with Crippen LogP contribution >= 0.6 is 0 Å². The van der Waals surface area contributed by atoms with Crippen molar-refractivity contribution >= 4 is 20.2 Å². The molecule has 0 aliphatic carbocycles. The van der Waals surface area contributed by atoms with Crippen molar-refractivity contribution in [1.29, 1.82) is 0 Å². The molecule has 0 saturated heterocycles. The van der Waals surface area contributed by atoms with Gasteiger partial charge < -0.3 is 0 Å². The molecule has 0 aliphatic heterocycles. The van der Waals surface area contributed by atoms with Crippen LogP contribution in [0.3, 0.4) is 0 Å². The van der Waals surface area contributed by atoms with Gasteiger partial charge in [-0.25, -0.2) is 0 Å². The van der Waals surface area contributed by atoms with Gasteiger partial charge in [0.15, 0.2) is 0 Å². The molecule has 0 fully saturated rings. The third-order valence-corrected chi connectivity index (χ3v) is 10.3. The molecule has 42 heteroatoms. The van der Waals surface area contributed by atoms with E-state index < -0.39 is 145 Å². The second-order valence-electron chi connectivity index (χ2n) is 12.2. The summed E-state index contributed by atoms with van der Waals surface area (Å²) in [5, 5.41) is -10.3. The molecular weight excluding hydrogens is 1060 g/mol. The van der Waals surface area contributed by atoms with Crippen LogP contribution in [0.2, 0.25) is 0 Å². The maximum absolute atomic E-state index is 14.4. The van der Waals surface area contributed by atoms with Gasteiger partial charge >= 0.3 is 95.3 Å². The van der Waals surface area contributed by atoms with E-state index in [1.165, 1.54) is 0 Å². The van der Waals surface area contributed by atoms with Crippen LogP contribution in [0.1, 0.15) is 19.3 Å². The van der Waals surface area contributed by atoms with E-state index in [1.54, 1.807) is 0 Å². The lowest BCUT2D eigenvalue weighted by Gasteiger charge is -2.43. The zero-order valence-corrected chi connectivity index (χ0v) is 29.1. The Labute approximate surface area is 321 Å². The van der Waals surface area contributed by atoms with E-state index in [9.17, 15) is 166 Å². The molecule has 0 radical (unpaired) electrons. The van der Waals surface area contributed by atoms with E-state index in [-0.39, 0.29) is 0 Å². The molecule has 0 aromatic rings. The van der Waals surface area contributed by atoms with Gasteiger partial charge in [-0.15, -0.1) is 0 Å². The molecule has 0 saturated carbocycles. The molecule has 0 heterocycles. The Hall–Kier alpha value is -2.56. The minimum Gasteiger partial charge on any atom is -0.285 e. The minimum atomic E-state index is -9.46. The number of halogens is 34. The van der Waals surface area contributed by atoms with E-state index in [2.05, 4.69) is 0 Å². The number of hydrogen-bond acceptors (Lipinski definition) is 4. The smallest absolute Gasteiger partial charge is 0.285 e. The van der Waals surface area contributed by atoms with Gasteiger partial charge in [-0.1, -0.05) is 0 Å². The van der Waals surface area contributed by atoms with E-state index in [0.29, 0.717) is 0 Å². The van der Waals surface area contributed by atoms with Crippen molar-refractivity contribution in [3.05, 3.63) is 0 Å². The topological polar surface area (TPSA) is 109 Å². The van der Waals surface area contributed by atoms with Gasteiger partial charge in [0.2, 0.25) is 0 Å². The molecule has 0 aromatic carbocycles. The Morgan fingerprint density at radius 3 is 0.556 bits per heavy atom. The fourth-order valence-electron chi connectivity index (χ4n) is 4.13.